The van der Waals surface area contributed by atoms with Crippen molar-refractivity contribution in [1.29, 1.82) is 0 Å². The number of hydrogen-bond donors (Lipinski definition) is 3. The molecule has 2 heterocycles. The Morgan fingerprint density at radius 1 is 0.778 bits per heavy atom. The maximum atomic E-state index is 12.9. The Kier molecular flexibility index (Phi) is 5.84. The third kappa shape index (κ3) is 3.64. The van der Waals surface area contributed by atoms with Crippen LogP contribution in [0.15, 0.2) is 0 Å². The molecule has 6 heteroatoms. The molecule has 0 aromatic heterocycles. The highest BCUT2D eigenvalue weighted by Crippen LogP contribution is 2.67. The molecular weight excluding hydrogens is 456 g/mol. The van der Waals surface area contributed by atoms with Gasteiger partial charge in [-0.25, -0.2) is 0 Å². The first-order chi connectivity index (χ1) is 16.3. The molecule has 6 nitrogen and oxygen atoms in total. The lowest BCUT2D eigenvalue weighted by Gasteiger charge is -2.55. The van der Waals surface area contributed by atoms with Crippen molar-refractivity contribution in [3.8, 4) is 0 Å². The van der Waals surface area contributed by atoms with Gasteiger partial charge in [0.1, 0.15) is 5.60 Å². The summed E-state index contributed by atoms with van der Waals surface area (Å²) in [6.07, 6.45) is 6.08. The van der Waals surface area contributed by atoms with E-state index in [-0.39, 0.29) is 46.8 Å². The van der Waals surface area contributed by atoms with Gasteiger partial charge in [0.25, 0.3) is 0 Å². The molecule has 0 aromatic rings. The van der Waals surface area contributed by atoms with Gasteiger partial charge in [-0.15, -0.1) is 0 Å². The number of carbonyl (C=O) groups is 1. The maximum Gasteiger partial charge on any atom is 0.164 e. The minimum atomic E-state index is -0.954. The summed E-state index contributed by atoms with van der Waals surface area (Å²) in [4.78, 5) is 12.9. The van der Waals surface area contributed by atoms with Gasteiger partial charge in [-0.3, -0.25) is 4.79 Å². The number of hydrogen-bond acceptors (Lipinski definition) is 6. The van der Waals surface area contributed by atoms with Gasteiger partial charge in [0.05, 0.1) is 34.6 Å². The Morgan fingerprint density at radius 2 is 1.42 bits per heavy atom. The third-order valence-electron chi connectivity index (χ3n) is 12.4. The molecule has 0 radical (unpaired) electrons. The first-order valence-electron chi connectivity index (χ1n) is 14.4. The molecule has 5 rings (SSSR count). The summed E-state index contributed by atoms with van der Waals surface area (Å²) in [7, 11) is 0. The fourth-order valence-corrected chi connectivity index (χ4v) is 9.74. The quantitative estimate of drug-likeness (QED) is 0.486. The predicted molar refractivity (Wildman–Crippen MR) is 137 cm³/mol. The summed E-state index contributed by atoms with van der Waals surface area (Å²) in [5.41, 5.74) is -4.58. The number of fused-ring (bicyclic) bond motifs is 3. The van der Waals surface area contributed by atoms with E-state index in [4.69, 9.17) is 9.47 Å². The molecule has 10 atom stereocenters. The lowest BCUT2D eigenvalue weighted by molar-refractivity contribution is -0.198. The number of rotatable bonds is 3. The first-order valence-corrected chi connectivity index (χ1v) is 14.4. The summed E-state index contributed by atoms with van der Waals surface area (Å²) in [6, 6.07) is 0. The molecule has 3 saturated carbocycles. The van der Waals surface area contributed by atoms with Gasteiger partial charge in [-0.2, -0.15) is 0 Å². The molecule has 0 spiro atoms. The number of aliphatic hydroxyl groups is 3. The van der Waals surface area contributed by atoms with Crippen molar-refractivity contribution in [2.24, 2.45) is 28.6 Å². The van der Waals surface area contributed by atoms with E-state index in [1.165, 1.54) is 0 Å². The van der Waals surface area contributed by atoms with Gasteiger partial charge >= 0.3 is 0 Å². The van der Waals surface area contributed by atoms with Gasteiger partial charge in [0.2, 0.25) is 0 Å². The molecule has 0 aromatic carbocycles. The maximum absolute atomic E-state index is 12.9. The normalized spacial score (nSPS) is 55.6. The largest absolute Gasteiger partial charge is 0.390 e. The van der Waals surface area contributed by atoms with Crippen molar-refractivity contribution >= 4 is 5.78 Å². The van der Waals surface area contributed by atoms with Gasteiger partial charge < -0.3 is 24.8 Å². The molecule has 3 aliphatic carbocycles. The van der Waals surface area contributed by atoms with E-state index >= 15 is 0 Å². The zero-order chi connectivity index (χ0) is 26.7. The molecule has 2 saturated heterocycles. The van der Waals surface area contributed by atoms with Crippen LogP contribution in [0.4, 0.5) is 0 Å². The Labute approximate surface area is 217 Å². The third-order valence-corrected chi connectivity index (χ3v) is 12.4. The second-order valence-corrected chi connectivity index (χ2v) is 15.2. The molecular formula is C30H50O6. The number of ketones is 1. The van der Waals surface area contributed by atoms with Crippen molar-refractivity contribution in [2.75, 3.05) is 0 Å². The van der Waals surface area contributed by atoms with E-state index in [1.807, 2.05) is 27.7 Å². The number of carbonyl (C=O) groups excluding carboxylic acids is 1. The fraction of sp³-hybridized carbons (Fsp3) is 0.967. The van der Waals surface area contributed by atoms with E-state index in [1.54, 1.807) is 0 Å². The second-order valence-electron chi connectivity index (χ2n) is 15.2. The van der Waals surface area contributed by atoms with Crippen molar-refractivity contribution < 1.29 is 29.6 Å². The van der Waals surface area contributed by atoms with Gasteiger partial charge in [-0.1, -0.05) is 20.8 Å². The lowest BCUT2D eigenvalue weighted by Crippen LogP contribution is -2.57. The van der Waals surface area contributed by atoms with Crippen molar-refractivity contribution in [2.45, 2.75) is 153 Å². The molecule has 36 heavy (non-hydrogen) atoms. The first kappa shape index (κ1) is 27.1. The Bertz CT molecular complexity index is 922. The van der Waals surface area contributed by atoms with Crippen LogP contribution in [-0.2, 0) is 14.3 Å². The van der Waals surface area contributed by atoms with Gasteiger partial charge in [-0.05, 0) is 109 Å². The molecule has 2 aliphatic heterocycles. The lowest BCUT2D eigenvalue weighted by atomic mass is 9.54. The van der Waals surface area contributed by atoms with Crippen LogP contribution in [0.5, 0.6) is 0 Å². The van der Waals surface area contributed by atoms with E-state index in [0.29, 0.717) is 32.1 Å². The molecule has 0 amide bonds. The summed E-state index contributed by atoms with van der Waals surface area (Å²) in [6.45, 7) is 16.3. The summed E-state index contributed by atoms with van der Waals surface area (Å²) < 4.78 is 12.9. The summed E-state index contributed by atoms with van der Waals surface area (Å²) >= 11 is 0. The molecule has 5 fully saturated rings. The summed E-state index contributed by atoms with van der Waals surface area (Å²) in [5.74, 6) is -0.00408. The Hall–Kier alpha value is -0.530. The standard InChI is InChI=1S/C30H50O6/c1-24(2)18(29(8)23(36-29)17-20-28(7,33)15-16-30(20,24)34)9-10-19-26(5)13-11-21(31)25(3,4)35-22(26)12-14-27(19,6)32/h18-20,22-23,32-34H,9-17H2,1-8H3/t18-,19-,20+,22-,23+,26-,27+,28-,29-,30+/m0/s1. The number of epoxide rings is 1. The van der Waals surface area contributed by atoms with E-state index in [0.717, 1.165) is 25.7 Å². The van der Waals surface area contributed by atoms with Crippen LogP contribution >= 0.6 is 0 Å². The molecule has 3 N–H and O–H groups in total. The molecule has 0 bridgehead atoms. The van der Waals surface area contributed by atoms with Crippen LogP contribution in [0, 0.1) is 28.6 Å². The smallest absolute Gasteiger partial charge is 0.164 e. The monoisotopic (exact) mass is 506 g/mol. The molecule has 0 unspecified atom stereocenters. The average Bonchev–Trinajstić information content (AvgIpc) is 3.37. The minimum Gasteiger partial charge on any atom is -0.390 e. The van der Waals surface area contributed by atoms with Crippen molar-refractivity contribution in [1.82, 2.24) is 0 Å². The Morgan fingerprint density at radius 3 is 2.08 bits per heavy atom. The highest BCUT2D eigenvalue weighted by atomic mass is 16.6. The fourth-order valence-electron chi connectivity index (χ4n) is 9.74. The number of ether oxygens (including phenoxy) is 2. The highest BCUT2D eigenvalue weighted by Gasteiger charge is 2.73. The van der Waals surface area contributed by atoms with Crippen LogP contribution in [0.1, 0.15) is 113 Å². The van der Waals surface area contributed by atoms with Crippen LogP contribution in [-0.4, -0.2) is 61.3 Å². The Balaban J connectivity index is 1.45. The van der Waals surface area contributed by atoms with Crippen LogP contribution in [0.2, 0.25) is 0 Å². The highest BCUT2D eigenvalue weighted by molar-refractivity contribution is 5.86. The molecule has 206 valence electrons. The predicted octanol–water partition coefficient (Wildman–Crippen LogP) is 4.56. The topological polar surface area (TPSA) is 99.5 Å². The summed E-state index contributed by atoms with van der Waals surface area (Å²) in [5, 5.41) is 35.0. The van der Waals surface area contributed by atoms with Crippen LogP contribution < -0.4 is 0 Å². The van der Waals surface area contributed by atoms with E-state index in [9.17, 15) is 20.1 Å². The van der Waals surface area contributed by atoms with E-state index in [2.05, 4.69) is 27.7 Å². The number of Topliss-reactive ketones (excluding diaryl/α,β-unsaturated/α-hetero) is 1. The molecule has 5 aliphatic rings. The zero-order valence-electron chi connectivity index (χ0n) is 23.8. The van der Waals surface area contributed by atoms with Crippen molar-refractivity contribution in [3.63, 3.8) is 0 Å². The zero-order valence-corrected chi connectivity index (χ0v) is 23.8. The van der Waals surface area contributed by atoms with E-state index < -0.39 is 27.8 Å². The van der Waals surface area contributed by atoms with Crippen LogP contribution in [0.3, 0.4) is 0 Å². The minimum absolute atomic E-state index is 0.0255. The second kappa shape index (κ2) is 7.78. The van der Waals surface area contributed by atoms with Gasteiger partial charge in [0, 0.05) is 12.3 Å². The van der Waals surface area contributed by atoms with Crippen LogP contribution in [0.25, 0.3) is 0 Å². The van der Waals surface area contributed by atoms with Crippen molar-refractivity contribution in [3.05, 3.63) is 0 Å². The average molecular weight is 507 g/mol. The SMILES string of the molecule is CC1(C)O[C@H]2CC[C@@](C)(O)[C@@H](CC[C@H]3C(C)(C)[C@@]4(O)CC[C@](C)(O)[C@H]4C[C@H]4O[C@]43C)[C@]2(C)CCC1=O. The van der Waals surface area contributed by atoms with Gasteiger partial charge in [0.15, 0.2) is 5.78 Å².